The first-order valence-electron chi connectivity index (χ1n) is 4.25. The van der Waals surface area contributed by atoms with Crippen molar-refractivity contribution in [2.45, 2.75) is 0 Å². The molecule has 15 heavy (non-hydrogen) atoms. The Balaban J connectivity index is 2.30. The van der Waals surface area contributed by atoms with E-state index >= 15 is 0 Å². The summed E-state index contributed by atoms with van der Waals surface area (Å²) >= 11 is 8.13. The van der Waals surface area contributed by atoms with Gasteiger partial charge in [0.05, 0.1) is 5.69 Å². The van der Waals surface area contributed by atoms with Crippen molar-refractivity contribution >= 4 is 45.7 Å². The maximum absolute atomic E-state index is 5.89. The van der Waals surface area contributed by atoms with Crippen LogP contribution < -0.4 is 5.32 Å². The van der Waals surface area contributed by atoms with Gasteiger partial charge in [0.25, 0.3) is 0 Å². The minimum atomic E-state index is 0.372. The fourth-order valence-corrected chi connectivity index (χ4v) is 1.77. The summed E-state index contributed by atoms with van der Waals surface area (Å²) in [5.41, 5.74) is 0.973. The number of rotatable bonds is 2. The quantitative estimate of drug-likeness (QED) is 0.856. The number of aromatic nitrogens is 2. The van der Waals surface area contributed by atoms with E-state index in [1.807, 2.05) is 24.3 Å². The van der Waals surface area contributed by atoms with Gasteiger partial charge in [-0.3, -0.25) is 0 Å². The van der Waals surface area contributed by atoms with Gasteiger partial charge in [0.2, 0.25) is 0 Å². The maximum Gasteiger partial charge on any atom is 0.171 e. The summed E-state index contributed by atoms with van der Waals surface area (Å²) in [7, 11) is 0. The second-order valence-electron chi connectivity index (χ2n) is 2.80. The van der Waals surface area contributed by atoms with Crippen LogP contribution in [0, 0.1) is 3.57 Å². The standard InChI is InChI=1S/C10H7ClIN3/c11-9-10(14-6-5-13-9)15-8-4-2-1-3-7(8)12/h1-6H,(H,14,15). The van der Waals surface area contributed by atoms with Gasteiger partial charge in [-0.25, -0.2) is 9.97 Å². The highest BCUT2D eigenvalue weighted by atomic mass is 127. The first kappa shape index (κ1) is 10.6. The van der Waals surface area contributed by atoms with E-state index in [9.17, 15) is 0 Å². The third-order valence-electron chi connectivity index (χ3n) is 1.78. The molecular formula is C10H7ClIN3. The van der Waals surface area contributed by atoms with Crippen molar-refractivity contribution in [3.8, 4) is 0 Å². The Morgan fingerprint density at radius 3 is 2.60 bits per heavy atom. The molecule has 3 nitrogen and oxygen atoms in total. The first-order chi connectivity index (χ1) is 7.27. The summed E-state index contributed by atoms with van der Waals surface area (Å²) in [6.45, 7) is 0. The van der Waals surface area contributed by atoms with Crippen molar-refractivity contribution in [3.63, 3.8) is 0 Å². The highest BCUT2D eigenvalue weighted by Crippen LogP contribution is 2.24. The number of halogens is 2. The van der Waals surface area contributed by atoms with Crippen molar-refractivity contribution < 1.29 is 0 Å². The lowest BCUT2D eigenvalue weighted by Crippen LogP contribution is -1.96. The van der Waals surface area contributed by atoms with Gasteiger partial charge in [-0.15, -0.1) is 0 Å². The number of hydrogen-bond acceptors (Lipinski definition) is 3. The molecule has 1 heterocycles. The van der Waals surface area contributed by atoms with Gasteiger partial charge in [-0.05, 0) is 34.7 Å². The number of anilines is 2. The third-order valence-corrected chi connectivity index (χ3v) is 3.00. The molecule has 0 amide bonds. The van der Waals surface area contributed by atoms with E-state index in [1.54, 1.807) is 12.4 Å². The van der Waals surface area contributed by atoms with Gasteiger partial charge in [-0.1, -0.05) is 23.7 Å². The molecule has 0 aliphatic carbocycles. The van der Waals surface area contributed by atoms with Gasteiger partial charge in [0, 0.05) is 16.0 Å². The summed E-state index contributed by atoms with van der Waals surface area (Å²) in [6.07, 6.45) is 3.16. The molecule has 0 saturated heterocycles. The molecule has 0 spiro atoms. The Hall–Kier alpha value is -0.880. The van der Waals surface area contributed by atoms with Crippen LogP contribution in [0.25, 0.3) is 0 Å². The van der Waals surface area contributed by atoms with Gasteiger partial charge in [-0.2, -0.15) is 0 Å². The lowest BCUT2D eigenvalue weighted by Gasteiger charge is -2.07. The van der Waals surface area contributed by atoms with Crippen LogP contribution in [0.5, 0.6) is 0 Å². The molecule has 0 aliphatic rings. The molecule has 2 aromatic rings. The molecule has 1 N–H and O–H groups in total. The van der Waals surface area contributed by atoms with Crippen molar-refractivity contribution in [1.82, 2.24) is 9.97 Å². The highest BCUT2D eigenvalue weighted by Gasteiger charge is 2.03. The van der Waals surface area contributed by atoms with E-state index in [2.05, 4.69) is 37.9 Å². The van der Waals surface area contributed by atoms with Gasteiger partial charge < -0.3 is 5.32 Å². The Morgan fingerprint density at radius 1 is 1.13 bits per heavy atom. The van der Waals surface area contributed by atoms with Crippen molar-refractivity contribution in [3.05, 3.63) is 45.4 Å². The Bertz CT molecular complexity index is 432. The maximum atomic E-state index is 5.89. The third kappa shape index (κ3) is 2.57. The first-order valence-corrected chi connectivity index (χ1v) is 5.71. The zero-order chi connectivity index (χ0) is 10.7. The summed E-state index contributed by atoms with van der Waals surface area (Å²) in [4.78, 5) is 8.05. The summed E-state index contributed by atoms with van der Waals surface area (Å²) < 4.78 is 1.11. The Kier molecular flexibility index (Phi) is 3.37. The normalized spacial score (nSPS) is 10.0. The summed E-state index contributed by atoms with van der Waals surface area (Å²) in [5, 5.41) is 3.50. The molecule has 0 fully saturated rings. The topological polar surface area (TPSA) is 37.8 Å². The summed E-state index contributed by atoms with van der Waals surface area (Å²) in [6, 6.07) is 7.90. The Labute approximate surface area is 106 Å². The van der Waals surface area contributed by atoms with Crippen molar-refractivity contribution in [2.24, 2.45) is 0 Å². The average molecular weight is 332 g/mol. The van der Waals surface area contributed by atoms with Crippen LogP contribution in [0.15, 0.2) is 36.7 Å². The minimum Gasteiger partial charge on any atom is -0.337 e. The van der Waals surface area contributed by atoms with E-state index in [0.29, 0.717) is 11.0 Å². The van der Waals surface area contributed by atoms with Crippen LogP contribution in [0.2, 0.25) is 5.15 Å². The van der Waals surface area contributed by atoms with Crippen molar-refractivity contribution in [1.29, 1.82) is 0 Å². The van der Waals surface area contributed by atoms with Gasteiger partial charge in [0.1, 0.15) is 0 Å². The zero-order valence-corrected chi connectivity index (χ0v) is 10.5. The number of hydrogen-bond donors (Lipinski definition) is 1. The van der Waals surface area contributed by atoms with Crippen LogP contribution in [0.3, 0.4) is 0 Å². The van der Waals surface area contributed by atoms with E-state index in [-0.39, 0.29) is 0 Å². The van der Waals surface area contributed by atoms with E-state index in [4.69, 9.17) is 11.6 Å². The molecule has 0 saturated carbocycles. The van der Waals surface area contributed by atoms with Crippen molar-refractivity contribution in [2.75, 3.05) is 5.32 Å². The van der Waals surface area contributed by atoms with Crippen LogP contribution in [-0.2, 0) is 0 Å². The zero-order valence-electron chi connectivity index (χ0n) is 7.61. The van der Waals surface area contributed by atoms with Crippen LogP contribution in [0.4, 0.5) is 11.5 Å². The number of nitrogens with zero attached hydrogens (tertiary/aromatic N) is 2. The number of nitrogens with one attached hydrogen (secondary N) is 1. The average Bonchev–Trinajstić information content (AvgIpc) is 2.24. The second-order valence-corrected chi connectivity index (χ2v) is 4.32. The van der Waals surface area contributed by atoms with Gasteiger partial charge >= 0.3 is 0 Å². The predicted molar refractivity (Wildman–Crippen MR) is 69.5 cm³/mol. The van der Waals surface area contributed by atoms with Crippen LogP contribution >= 0.6 is 34.2 Å². The molecule has 2 rings (SSSR count). The van der Waals surface area contributed by atoms with Crippen LogP contribution in [0.1, 0.15) is 0 Å². The lowest BCUT2D eigenvalue weighted by atomic mass is 10.3. The molecule has 5 heteroatoms. The minimum absolute atomic E-state index is 0.372. The van der Waals surface area contributed by atoms with Crippen LogP contribution in [-0.4, -0.2) is 9.97 Å². The fraction of sp³-hybridized carbons (Fsp3) is 0. The van der Waals surface area contributed by atoms with Gasteiger partial charge in [0.15, 0.2) is 11.0 Å². The number of benzene rings is 1. The SMILES string of the molecule is Clc1nccnc1Nc1ccccc1I. The molecule has 0 bridgehead atoms. The second kappa shape index (κ2) is 4.76. The summed E-state index contributed by atoms with van der Waals surface area (Å²) in [5.74, 6) is 0.572. The molecule has 76 valence electrons. The fourth-order valence-electron chi connectivity index (χ4n) is 1.10. The molecule has 1 aromatic heterocycles. The predicted octanol–water partition coefficient (Wildman–Crippen LogP) is 3.48. The van der Waals surface area contributed by atoms with E-state index in [0.717, 1.165) is 9.26 Å². The molecule has 0 atom stereocenters. The molecule has 0 radical (unpaired) electrons. The smallest absolute Gasteiger partial charge is 0.171 e. The molecule has 0 unspecified atom stereocenters. The largest absolute Gasteiger partial charge is 0.337 e. The molecule has 1 aromatic carbocycles. The van der Waals surface area contributed by atoms with E-state index < -0.39 is 0 Å². The molecular weight excluding hydrogens is 324 g/mol. The lowest BCUT2D eigenvalue weighted by molar-refractivity contribution is 1.20. The molecule has 0 aliphatic heterocycles. The monoisotopic (exact) mass is 331 g/mol. The van der Waals surface area contributed by atoms with E-state index in [1.165, 1.54) is 0 Å². The Morgan fingerprint density at radius 2 is 1.87 bits per heavy atom. The highest BCUT2D eigenvalue weighted by molar-refractivity contribution is 14.1. The number of para-hydroxylation sites is 1.